The van der Waals surface area contributed by atoms with E-state index in [9.17, 15) is 9.59 Å². The number of nitrogens with one attached hydrogen (secondary N) is 2. The molecule has 5 heterocycles. The first-order chi connectivity index (χ1) is 12.7. The second-order valence-electron chi connectivity index (χ2n) is 7.59. The number of pyridine rings is 1. The van der Waals surface area contributed by atoms with Gasteiger partial charge in [-0.05, 0) is 36.3 Å². The quantitative estimate of drug-likeness (QED) is 0.840. The maximum atomic E-state index is 13.1. The summed E-state index contributed by atoms with van der Waals surface area (Å²) in [5.41, 5.74) is 7.63. The summed E-state index contributed by atoms with van der Waals surface area (Å²) in [6, 6.07) is 9.68. The van der Waals surface area contributed by atoms with E-state index in [0.717, 1.165) is 31.6 Å². The number of hydrogen-bond donors (Lipinski definition) is 2. The summed E-state index contributed by atoms with van der Waals surface area (Å²) in [5.74, 6) is 0.813. The van der Waals surface area contributed by atoms with Crippen LogP contribution in [0.1, 0.15) is 35.4 Å². The lowest BCUT2D eigenvalue weighted by molar-refractivity contribution is -0.136. The van der Waals surface area contributed by atoms with Gasteiger partial charge in [0.2, 0.25) is 5.91 Å². The van der Waals surface area contributed by atoms with E-state index in [0.29, 0.717) is 12.5 Å². The topological polar surface area (TPSA) is 66.4 Å². The number of fused-ring (bicyclic) bond motifs is 4. The van der Waals surface area contributed by atoms with Crippen molar-refractivity contribution in [3.05, 3.63) is 56.6 Å². The van der Waals surface area contributed by atoms with Gasteiger partial charge in [-0.3, -0.25) is 9.59 Å². The lowest BCUT2D eigenvalue weighted by Gasteiger charge is -2.43. The van der Waals surface area contributed by atoms with Crippen molar-refractivity contribution in [3.63, 3.8) is 0 Å². The third-order valence-corrected chi connectivity index (χ3v) is 6.87. The number of nitrogens with zero attached hydrogens (tertiary/aromatic N) is 2. The summed E-state index contributed by atoms with van der Waals surface area (Å²) in [4.78, 5) is 28.5. The Bertz CT molecular complexity index is 878. The van der Waals surface area contributed by atoms with Crippen LogP contribution in [0, 0.1) is 5.92 Å². The highest BCUT2D eigenvalue weighted by Crippen LogP contribution is 2.36. The van der Waals surface area contributed by atoms with Crippen LogP contribution in [-0.2, 0) is 11.3 Å². The number of rotatable bonds is 2. The van der Waals surface area contributed by atoms with Crippen LogP contribution in [0.2, 0.25) is 0 Å². The molecular weight excluding hydrogens is 348 g/mol. The molecule has 0 saturated carbocycles. The molecule has 0 aliphatic carbocycles. The van der Waals surface area contributed by atoms with Crippen LogP contribution >= 0.6 is 11.3 Å². The standard InChI is InChI=1S/C19H22N4O2S/c24-18-5-1-3-16-13-7-12(10-23(16)18)9-22(11-13)19(25)15-8-14(20-21-15)17-4-2-6-26-17/h1-6,12-15,20-21H,7-11H2. The molecule has 4 unspecified atom stereocenters. The molecule has 2 N–H and O–H groups in total. The lowest BCUT2D eigenvalue weighted by atomic mass is 9.83. The van der Waals surface area contributed by atoms with E-state index in [1.165, 1.54) is 4.88 Å². The highest BCUT2D eigenvalue weighted by Gasteiger charge is 2.40. The Hall–Kier alpha value is -1.96. The van der Waals surface area contributed by atoms with Crippen molar-refractivity contribution in [2.45, 2.75) is 37.4 Å². The number of hydrogen-bond acceptors (Lipinski definition) is 5. The molecule has 26 heavy (non-hydrogen) atoms. The molecule has 7 heteroatoms. The molecule has 5 rings (SSSR count). The lowest BCUT2D eigenvalue weighted by Crippen LogP contribution is -2.53. The van der Waals surface area contributed by atoms with Crippen molar-refractivity contribution < 1.29 is 4.79 Å². The molecule has 3 aliphatic heterocycles. The Morgan fingerprint density at radius 3 is 2.85 bits per heavy atom. The van der Waals surface area contributed by atoms with Crippen LogP contribution in [0.15, 0.2) is 40.5 Å². The molecule has 2 fully saturated rings. The first kappa shape index (κ1) is 16.2. The Morgan fingerprint density at radius 1 is 1.08 bits per heavy atom. The number of carbonyl (C=O) groups is 1. The van der Waals surface area contributed by atoms with Crippen LogP contribution in [0.4, 0.5) is 0 Å². The average Bonchev–Trinajstić information content (AvgIpc) is 3.33. The number of carbonyl (C=O) groups excluding carboxylic acids is 1. The van der Waals surface area contributed by atoms with E-state index in [-0.39, 0.29) is 29.5 Å². The second kappa shape index (κ2) is 6.33. The minimum Gasteiger partial charge on any atom is -0.340 e. The van der Waals surface area contributed by atoms with E-state index in [1.54, 1.807) is 17.4 Å². The molecule has 4 atom stereocenters. The summed E-state index contributed by atoms with van der Waals surface area (Å²) in [7, 11) is 0. The smallest absolute Gasteiger partial charge is 0.250 e. The zero-order chi connectivity index (χ0) is 17.7. The van der Waals surface area contributed by atoms with Crippen molar-refractivity contribution >= 4 is 17.2 Å². The first-order valence-electron chi connectivity index (χ1n) is 9.22. The van der Waals surface area contributed by atoms with Gasteiger partial charge in [0, 0.05) is 42.2 Å². The van der Waals surface area contributed by atoms with Crippen LogP contribution in [0.3, 0.4) is 0 Å². The summed E-state index contributed by atoms with van der Waals surface area (Å²) in [6.07, 6.45) is 1.85. The largest absolute Gasteiger partial charge is 0.340 e. The van der Waals surface area contributed by atoms with Gasteiger partial charge < -0.3 is 9.47 Å². The van der Waals surface area contributed by atoms with Gasteiger partial charge in [0.25, 0.3) is 5.56 Å². The van der Waals surface area contributed by atoms with E-state index in [1.807, 2.05) is 27.7 Å². The van der Waals surface area contributed by atoms with Gasteiger partial charge in [-0.2, -0.15) is 0 Å². The zero-order valence-electron chi connectivity index (χ0n) is 14.4. The molecule has 0 aromatic carbocycles. The van der Waals surface area contributed by atoms with Crippen molar-refractivity contribution in [1.82, 2.24) is 20.3 Å². The van der Waals surface area contributed by atoms with E-state index < -0.39 is 0 Å². The molecular formula is C19H22N4O2S. The molecule has 0 radical (unpaired) electrons. The van der Waals surface area contributed by atoms with Crippen LogP contribution in [0.25, 0.3) is 0 Å². The number of hydrazine groups is 1. The van der Waals surface area contributed by atoms with Crippen LogP contribution < -0.4 is 16.4 Å². The molecule has 2 aromatic rings. The summed E-state index contributed by atoms with van der Waals surface area (Å²) in [5, 5.41) is 2.07. The van der Waals surface area contributed by atoms with Crippen LogP contribution in [0.5, 0.6) is 0 Å². The van der Waals surface area contributed by atoms with E-state index in [4.69, 9.17) is 0 Å². The Kier molecular flexibility index (Phi) is 3.95. The number of aromatic nitrogens is 1. The van der Waals surface area contributed by atoms with Crippen molar-refractivity contribution in [2.75, 3.05) is 13.1 Å². The van der Waals surface area contributed by atoms with Crippen molar-refractivity contribution in [1.29, 1.82) is 0 Å². The number of amides is 1. The van der Waals surface area contributed by atoms with Gasteiger partial charge in [0.1, 0.15) is 6.04 Å². The van der Waals surface area contributed by atoms with Crippen LogP contribution in [-0.4, -0.2) is 34.5 Å². The fourth-order valence-electron chi connectivity index (χ4n) is 4.69. The maximum absolute atomic E-state index is 13.1. The minimum atomic E-state index is -0.182. The number of piperidine rings is 1. The van der Waals surface area contributed by atoms with E-state index >= 15 is 0 Å². The summed E-state index contributed by atoms with van der Waals surface area (Å²) < 4.78 is 1.91. The molecule has 1 amide bonds. The molecule has 6 nitrogen and oxygen atoms in total. The number of likely N-dealkylation sites (tertiary alicyclic amines) is 1. The summed E-state index contributed by atoms with van der Waals surface area (Å²) in [6.45, 7) is 2.18. The van der Waals surface area contributed by atoms with Gasteiger partial charge in [-0.25, -0.2) is 10.9 Å². The second-order valence-corrected chi connectivity index (χ2v) is 8.57. The normalized spacial score (nSPS) is 30.2. The SMILES string of the molecule is O=C(C1CC(c2cccs2)NN1)N1CC2CC(C1)c1cccc(=O)n1C2. The third-order valence-electron chi connectivity index (χ3n) is 5.88. The number of thiophene rings is 1. The Labute approximate surface area is 155 Å². The van der Waals surface area contributed by atoms with E-state index in [2.05, 4.69) is 22.3 Å². The fraction of sp³-hybridized carbons (Fsp3) is 0.474. The van der Waals surface area contributed by atoms with Gasteiger partial charge in [0.15, 0.2) is 0 Å². The fourth-order valence-corrected chi connectivity index (χ4v) is 5.48. The predicted octanol–water partition coefficient (Wildman–Crippen LogP) is 1.46. The molecule has 136 valence electrons. The average molecular weight is 370 g/mol. The molecule has 2 bridgehead atoms. The zero-order valence-corrected chi connectivity index (χ0v) is 15.2. The Morgan fingerprint density at radius 2 is 2.00 bits per heavy atom. The van der Waals surface area contributed by atoms with Crippen molar-refractivity contribution in [3.8, 4) is 0 Å². The highest BCUT2D eigenvalue weighted by atomic mass is 32.1. The van der Waals surface area contributed by atoms with Crippen molar-refractivity contribution in [2.24, 2.45) is 5.92 Å². The molecule has 2 saturated heterocycles. The third kappa shape index (κ3) is 2.71. The van der Waals surface area contributed by atoms with Gasteiger partial charge in [0.05, 0.1) is 6.04 Å². The monoisotopic (exact) mass is 370 g/mol. The Balaban J connectivity index is 1.32. The molecule has 2 aromatic heterocycles. The van der Waals surface area contributed by atoms with Gasteiger partial charge in [-0.1, -0.05) is 12.1 Å². The molecule has 3 aliphatic rings. The van der Waals surface area contributed by atoms with Gasteiger partial charge >= 0.3 is 0 Å². The predicted molar refractivity (Wildman–Crippen MR) is 99.9 cm³/mol. The highest BCUT2D eigenvalue weighted by molar-refractivity contribution is 7.10. The maximum Gasteiger partial charge on any atom is 0.250 e. The summed E-state index contributed by atoms with van der Waals surface area (Å²) >= 11 is 1.72. The first-order valence-corrected chi connectivity index (χ1v) is 10.1. The molecule has 0 spiro atoms. The minimum absolute atomic E-state index is 0.0809. The van der Waals surface area contributed by atoms with Gasteiger partial charge in [-0.15, -0.1) is 11.3 Å².